The number of oxazole rings is 1. The lowest BCUT2D eigenvalue weighted by molar-refractivity contribution is -0.137. The molecular weight excluding hydrogens is 294 g/mol. The average molecular weight is 307 g/mol. The van der Waals surface area contributed by atoms with Gasteiger partial charge in [0, 0.05) is 12.0 Å². The van der Waals surface area contributed by atoms with E-state index in [0.29, 0.717) is 28.8 Å². The number of aromatic nitrogens is 1. The molecule has 0 unspecified atom stereocenters. The van der Waals surface area contributed by atoms with Crippen LogP contribution < -0.4 is 4.74 Å². The van der Waals surface area contributed by atoms with Crippen molar-refractivity contribution in [1.29, 1.82) is 0 Å². The number of hydrogen-bond donors (Lipinski definition) is 1. The Morgan fingerprint density at radius 2 is 1.65 bits per heavy atom. The van der Waals surface area contributed by atoms with E-state index in [9.17, 15) is 4.79 Å². The van der Waals surface area contributed by atoms with E-state index in [1.54, 1.807) is 0 Å². The zero-order valence-corrected chi connectivity index (χ0v) is 12.2. The van der Waals surface area contributed by atoms with Crippen LogP contribution in [0.2, 0.25) is 0 Å². The van der Waals surface area contributed by atoms with E-state index in [1.807, 2.05) is 48.5 Å². The van der Waals surface area contributed by atoms with Crippen molar-refractivity contribution >= 4 is 5.97 Å². The first-order valence-electron chi connectivity index (χ1n) is 7.30. The van der Waals surface area contributed by atoms with Gasteiger partial charge in [-0.3, -0.25) is 4.79 Å². The van der Waals surface area contributed by atoms with E-state index in [1.165, 1.54) is 0 Å². The quantitative estimate of drug-likeness (QED) is 0.616. The molecule has 0 bridgehead atoms. The number of rotatable bonds is 3. The summed E-state index contributed by atoms with van der Waals surface area (Å²) in [5.41, 5.74) is 2.34. The number of para-hydroxylation sites is 2. The standard InChI is InChI=1S/C18H13NO4/c20-16(21)10-9-15-19-17-11-5-1-3-7-13(11)22-14-8-4-2-6-12(14)18(17)23-15/h1-8H,9-10H2,(H,20,21). The van der Waals surface area contributed by atoms with Gasteiger partial charge in [0.1, 0.15) is 17.2 Å². The van der Waals surface area contributed by atoms with Gasteiger partial charge in [-0.15, -0.1) is 0 Å². The Bertz CT molecular complexity index is 835. The predicted molar refractivity (Wildman–Crippen MR) is 83.4 cm³/mol. The molecule has 0 saturated heterocycles. The zero-order valence-electron chi connectivity index (χ0n) is 12.2. The van der Waals surface area contributed by atoms with Crippen LogP contribution >= 0.6 is 0 Å². The van der Waals surface area contributed by atoms with E-state index in [4.69, 9.17) is 14.3 Å². The summed E-state index contributed by atoms with van der Waals surface area (Å²) in [5, 5.41) is 8.85. The number of aryl methyl sites for hydroxylation is 1. The van der Waals surface area contributed by atoms with Gasteiger partial charge in [-0.2, -0.15) is 0 Å². The highest BCUT2D eigenvalue weighted by molar-refractivity contribution is 5.85. The summed E-state index contributed by atoms with van der Waals surface area (Å²) >= 11 is 0. The second-order valence-electron chi connectivity index (χ2n) is 5.27. The largest absolute Gasteiger partial charge is 0.481 e. The number of benzene rings is 2. The highest BCUT2D eigenvalue weighted by Gasteiger charge is 2.25. The summed E-state index contributed by atoms with van der Waals surface area (Å²) in [6, 6.07) is 15.2. The first-order valence-corrected chi connectivity index (χ1v) is 7.30. The molecule has 0 amide bonds. The van der Waals surface area contributed by atoms with Crippen molar-refractivity contribution in [1.82, 2.24) is 4.98 Å². The van der Waals surface area contributed by atoms with Crippen LogP contribution in [0.25, 0.3) is 22.6 Å². The second-order valence-corrected chi connectivity index (χ2v) is 5.27. The maximum atomic E-state index is 10.8. The van der Waals surface area contributed by atoms with Gasteiger partial charge in [-0.05, 0) is 24.3 Å². The molecule has 0 saturated carbocycles. The molecule has 0 aliphatic carbocycles. The highest BCUT2D eigenvalue weighted by Crippen LogP contribution is 2.46. The molecule has 114 valence electrons. The number of carbonyl (C=O) groups is 1. The van der Waals surface area contributed by atoms with Crippen LogP contribution in [0.3, 0.4) is 0 Å². The Morgan fingerprint density at radius 1 is 1.00 bits per heavy atom. The molecule has 2 aromatic carbocycles. The third-order valence-corrected chi connectivity index (χ3v) is 3.72. The minimum Gasteiger partial charge on any atom is -0.481 e. The molecule has 0 fully saturated rings. The fourth-order valence-corrected chi connectivity index (χ4v) is 2.66. The van der Waals surface area contributed by atoms with Crippen LogP contribution in [0.5, 0.6) is 11.5 Å². The lowest BCUT2D eigenvalue weighted by atomic mass is 10.1. The van der Waals surface area contributed by atoms with Gasteiger partial charge in [-0.25, -0.2) is 4.98 Å². The molecular formula is C18H13NO4. The van der Waals surface area contributed by atoms with Crippen LogP contribution in [0.15, 0.2) is 52.9 Å². The van der Waals surface area contributed by atoms with Gasteiger partial charge in [0.05, 0.1) is 12.0 Å². The first-order chi connectivity index (χ1) is 11.2. The number of nitrogens with zero attached hydrogens (tertiary/aromatic N) is 1. The summed E-state index contributed by atoms with van der Waals surface area (Å²) < 4.78 is 11.9. The summed E-state index contributed by atoms with van der Waals surface area (Å²) in [7, 11) is 0. The Morgan fingerprint density at radius 3 is 2.39 bits per heavy atom. The third kappa shape index (κ3) is 2.36. The fraction of sp³-hybridized carbons (Fsp3) is 0.111. The van der Waals surface area contributed by atoms with E-state index in [-0.39, 0.29) is 12.8 Å². The summed E-state index contributed by atoms with van der Waals surface area (Å²) in [6.45, 7) is 0. The van der Waals surface area contributed by atoms with Crippen LogP contribution in [0.1, 0.15) is 12.3 Å². The number of hydrogen-bond acceptors (Lipinski definition) is 4. The van der Waals surface area contributed by atoms with Crippen LogP contribution in [0.4, 0.5) is 0 Å². The minimum atomic E-state index is -0.873. The van der Waals surface area contributed by atoms with E-state index in [0.717, 1.165) is 11.1 Å². The maximum absolute atomic E-state index is 10.8. The number of aliphatic carboxylic acids is 1. The van der Waals surface area contributed by atoms with Gasteiger partial charge >= 0.3 is 5.97 Å². The Kier molecular flexibility index (Phi) is 3.12. The van der Waals surface area contributed by atoms with Gasteiger partial charge in [-0.1, -0.05) is 24.3 Å². The van der Waals surface area contributed by atoms with Crippen molar-refractivity contribution in [2.45, 2.75) is 12.8 Å². The van der Waals surface area contributed by atoms with Crippen LogP contribution in [-0.2, 0) is 11.2 Å². The molecule has 23 heavy (non-hydrogen) atoms. The third-order valence-electron chi connectivity index (χ3n) is 3.72. The molecule has 3 aromatic rings. The topological polar surface area (TPSA) is 72.6 Å². The number of carboxylic acid groups (broad SMARTS) is 1. The summed E-state index contributed by atoms with van der Waals surface area (Å²) in [4.78, 5) is 15.3. The minimum absolute atomic E-state index is 0.0147. The van der Waals surface area contributed by atoms with Gasteiger partial charge < -0.3 is 14.3 Å². The van der Waals surface area contributed by atoms with Gasteiger partial charge in [0.25, 0.3) is 0 Å². The molecule has 0 spiro atoms. The highest BCUT2D eigenvalue weighted by atomic mass is 16.5. The molecule has 1 N–H and O–H groups in total. The number of carboxylic acids is 1. The summed E-state index contributed by atoms with van der Waals surface area (Å²) in [6.07, 6.45) is 0.243. The number of fused-ring (bicyclic) bond motifs is 5. The molecule has 1 aliphatic heterocycles. The molecule has 0 radical (unpaired) electrons. The monoisotopic (exact) mass is 307 g/mol. The predicted octanol–water partition coefficient (Wildman–Crippen LogP) is 4.13. The fourth-order valence-electron chi connectivity index (χ4n) is 2.66. The average Bonchev–Trinajstić information content (AvgIpc) is 2.93. The molecule has 1 aliphatic rings. The molecule has 4 rings (SSSR count). The van der Waals surface area contributed by atoms with Crippen molar-refractivity contribution < 1.29 is 19.1 Å². The Balaban J connectivity index is 1.90. The van der Waals surface area contributed by atoms with Crippen molar-refractivity contribution in [2.75, 3.05) is 0 Å². The van der Waals surface area contributed by atoms with E-state index < -0.39 is 5.97 Å². The Hall–Kier alpha value is -3.08. The maximum Gasteiger partial charge on any atom is 0.303 e. The smallest absolute Gasteiger partial charge is 0.303 e. The van der Waals surface area contributed by atoms with Crippen molar-refractivity contribution in [3.05, 3.63) is 54.4 Å². The first kappa shape index (κ1) is 13.6. The molecule has 1 aromatic heterocycles. The molecule has 5 nitrogen and oxygen atoms in total. The van der Waals surface area contributed by atoms with Gasteiger partial charge in [0.15, 0.2) is 11.7 Å². The van der Waals surface area contributed by atoms with Gasteiger partial charge in [0.2, 0.25) is 0 Å². The van der Waals surface area contributed by atoms with Crippen LogP contribution in [-0.4, -0.2) is 16.1 Å². The molecule has 0 atom stereocenters. The zero-order chi connectivity index (χ0) is 15.8. The van der Waals surface area contributed by atoms with Crippen molar-refractivity contribution in [3.63, 3.8) is 0 Å². The van der Waals surface area contributed by atoms with E-state index >= 15 is 0 Å². The Labute approximate surface area is 132 Å². The van der Waals surface area contributed by atoms with Crippen molar-refractivity contribution in [2.24, 2.45) is 0 Å². The number of ether oxygens (including phenoxy) is 1. The SMILES string of the molecule is O=C(O)CCc1nc2c(o1)-c1ccccc1Oc1ccccc1-2. The van der Waals surface area contributed by atoms with Crippen LogP contribution in [0, 0.1) is 0 Å². The van der Waals surface area contributed by atoms with E-state index in [2.05, 4.69) is 4.98 Å². The normalized spacial score (nSPS) is 11.7. The molecule has 5 heteroatoms. The molecule has 2 heterocycles. The lowest BCUT2D eigenvalue weighted by Gasteiger charge is -2.07. The second kappa shape index (κ2) is 5.28. The lowest BCUT2D eigenvalue weighted by Crippen LogP contribution is -1.97. The van der Waals surface area contributed by atoms with Crippen molar-refractivity contribution in [3.8, 4) is 34.1 Å². The summed E-state index contributed by atoms with van der Waals surface area (Å²) in [5.74, 6) is 1.56.